The van der Waals surface area contributed by atoms with Crippen LogP contribution in [0.3, 0.4) is 0 Å². The summed E-state index contributed by atoms with van der Waals surface area (Å²) < 4.78 is 3.63. The van der Waals surface area contributed by atoms with Crippen molar-refractivity contribution in [3.63, 3.8) is 0 Å². The maximum absolute atomic E-state index is 12.3. The molecule has 5 heteroatoms. The Bertz CT molecular complexity index is 937. The van der Waals surface area contributed by atoms with Crippen LogP contribution in [0, 0.1) is 5.92 Å². The summed E-state index contributed by atoms with van der Waals surface area (Å²) in [6.45, 7) is 4.16. The van der Waals surface area contributed by atoms with Crippen molar-refractivity contribution in [2.45, 2.75) is 39.2 Å². The van der Waals surface area contributed by atoms with Crippen LogP contribution in [0.5, 0.6) is 0 Å². The number of nitrogens with one attached hydrogen (secondary N) is 1. The van der Waals surface area contributed by atoms with Crippen LogP contribution < -0.4 is 4.72 Å². The Hall–Kier alpha value is -2.37. The minimum Gasteiger partial charge on any atom is -0.303 e. The van der Waals surface area contributed by atoms with Gasteiger partial charge < -0.3 is 5.01 Å². The Kier molecular flexibility index (Phi) is 8.50. The summed E-state index contributed by atoms with van der Waals surface area (Å²) in [7, 11) is 3.84. The van der Waals surface area contributed by atoms with Gasteiger partial charge in [0.1, 0.15) is 6.29 Å². The van der Waals surface area contributed by atoms with Gasteiger partial charge in [0.15, 0.2) is 0 Å². The number of hydrogen-bond acceptors (Lipinski definition) is 5. The van der Waals surface area contributed by atoms with E-state index in [0.29, 0.717) is 0 Å². The number of carbonyl (C=O) groups excluding carboxylic acids is 1. The van der Waals surface area contributed by atoms with Gasteiger partial charge >= 0.3 is 0 Å². The van der Waals surface area contributed by atoms with Crippen LogP contribution in [0.15, 0.2) is 70.8 Å². The number of hydrogen-bond donors (Lipinski definition) is 1. The molecule has 0 spiro atoms. The number of rotatable bonds is 9. The maximum atomic E-state index is 12.3. The van der Waals surface area contributed by atoms with Crippen molar-refractivity contribution >= 4 is 23.9 Å². The molecule has 2 aromatic rings. The van der Waals surface area contributed by atoms with E-state index in [1.165, 1.54) is 16.7 Å². The van der Waals surface area contributed by atoms with Crippen molar-refractivity contribution in [3.8, 4) is 11.1 Å². The van der Waals surface area contributed by atoms with Crippen molar-refractivity contribution in [1.29, 1.82) is 0 Å². The smallest absolute Gasteiger partial charge is 0.146 e. The van der Waals surface area contributed by atoms with Gasteiger partial charge in [-0.2, -0.15) is 5.10 Å². The lowest BCUT2D eigenvalue weighted by atomic mass is 9.75. The molecule has 0 aromatic heterocycles. The first-order valence-electron chi connectivity index (χ1n) is 11.0. The molecule has 0 fully saturated rings. The van der Waals surface area contributed by atoms with Crippen LogP contribution >= 0.6 is 11.9 Å². The summed E-state index contributed by atoms with van der Waals surface area (Å²) >= 11 is 1.73. The molecule has 0 saturated heterocycles. The predicted molar refractivity (Wildman–Crippen MR) is 133 cm³/mol. The Morgan fingerprint density at radius 1 is 1.16 bits per heavy atom. The second-order valence-corrected chi connectivity index (χ2v) is 9.26. The van der Waals surface area contributed by atoms with Crippen molar-refractivity contribution in [3.05, 3.63) is 71.3 Å². The summed E-state index contributed by atoms with van der Waals surface area (Å²) in [5, 5.41) is 6.40. The first-order valence-corrected chi connectivity index (χ1v) is 11.9. The minimum atomic E-state index is 0.124. The summed E-state index contributed by atoms with van der Waals surface area (Å²) in [4.78, 5) is 12.3. The zero-order valence-electron chi connectivity index (χ0n) is 19.0. The van der Waals surface area contributed by atoms with Crippen molar-refractivity contribution in [2.24, 2.45) is 11.0 Å². The van der Waals surface area contributed by atoms with E-state index in [9.17, 15) is 4.79 Å². The van der Waals surface area contributed by atoms with Gasteiger partial charge in [0.25, 0.3) is 0 Å². The summed E-state index contributed by atoms with van der Waals surface area (Å²) in [6.07, 6.45) is 3.78. The van der Waals surface area contributed by atoms with Crippen LogP contribution in [0.1, 0.15) is 32.3 Å². The predicted octanol–water partition coefficient (Wildman–Crippen LogP) is 5.37. The normalized spacial score (nSPS) is 19.4. The monoisotopic (exact) mass is 435 g/mol. The molecule has 0 saturated carbocycles. The highest BCUT2D eigenvalue weighted by Crippen LogP contribution is 2.34. The largest absolute Gasteiger partial charge is 0.303 e. The van der Waals surface area contributed by atoms with Crippen LogP contribution in [-0.4, -0.2) is 42.9 Å². The number of allylic oxidation sites excluding steroid dienone is 1. The molecule has 2 atom stereocenters. The third-order valence-corrected chi connectivity index (χ3v) is 6.48. The average Bonchev–Trinajstić information content (AvgIpc) is 2.78. The molecule has 3 rings (SSSR count). The zero-order chi connectivity index (χ0) is 22.2. The first kappa shape index (κ1) is 23.3. The second kappa shape index (κ2) is 11.3. The number of nitrogens with zero attached hydrogens (tertiary/aromatic N) is 2. The molecule has 1 N–H and O–H groups in total. The van der Waals surface area contributed by atoms with Gasteiger partial charge in [0.05, 0.1) is 5.71 Å². The highest BCUT2D eigenvalue weighted by Gasteiger charge is 2.32. The molecule has 1 aliphatic rings. The molecule has 2 unspecified atom stereocenters. The minimum absolute atomic E-state index is 0.124. The molecule has 2 aromatic carbocycles. The lowest BCUT2D eigenvalue weighted by molar-refractivity contribution is -0.105. The van der Waals surface area contributed by atoms with Crippen LogP contribution in [0.2, 0.25) is 0 Å². The number of carbonyl (C=O) groups is 1. The average molecular weight is 436 g/mol. The summed E-state index contributed by atoms with van der Waals surface area (Å²) in [5.74, 6) is 1.12. The lowest BCUT2D eigenvalue weighted by Crippen LogP contribution is -2.39. The van der Waals surface area contributed by atoms with Gasteiger partial charge in [-0.25, -0.2) is 0 Å². The fourth-order valence-electron chi connectivity index (χ4n) is 4.34. The number of aldehydes is 1. The van der Waals surface area contributed by atoms with Gasteiger partial charge in [0, 0.05) is 37.4 Å². The molecule has 0 bridgehead atoms. The Balaban J connectivity index is 1.96. The van der Waals surface area contributed by atoms with E-state index in [1.807, 2.05) is 27.1 Å². The SMILES string of the molecule is CCSNC1CCC(/C(C)=N\N(C)C)=C(C=O)C1Cc1cccc(-c2ccccc2)c1. The summed E-state index contributed by atoms with van der Waals surface area (Å²) in [5.41, 5.74) is 6.62. The molecule has 0 radical (unpaired) electrons. The Labute approximate surface area is 190 Å². The lowest BCUT2D eigenvalue weighted by Gasteiger charge is -2.34. The molecule has 4 nitrogen and oxygen atoms in total. The first-order chi connectivity index (χ1) is 15.0. The maximum Gasteiger partial charge on any atom is 0.146 e. The van der Waals surface area contributed by atoms with Crippen LogP contribution in [0.4, 0.5) is 0 Å². The Morgan fingerprint density at radius 3 is 2.58 bits per heavy atom. The van der Waals surface area contributed by atoms with E-state index in [1.54, 1.807) is 17.0 Å². The van der Waals surface area contributed by atoms with Crippen molar-refractivity contribution in [1.82, 2.24) is 9.73 Å². The van der Waals surface area contributed by atoms with E-state index in [2.05, 4.69) is 65.3 Å². The molecule has 0 amide bonds. The standard InChI is InChI=1S/C26H33N3OS/c1-5-31-28-26-15-14-23(19(2)27-29(3)4)25(18-30)24(26)17-20-10-9-13-22(16-20)21-11-7-6-8-12-21/h6-13,16,18,24,26,28H,5,14-15,17H2,1-4H3/b27-19-. The molecular formula is C26H33N3OS. The van der Waals surface area contributed by atoms with Gasteiger partial charge in [0.2, 0.25) is 0 Å². The molecule has 0 heterocycles. The van der Waals surface area contributed by atoms with E-state index < -0.39 is 0 Å². The van der Waals surface area contributed by atoms with E-state index >= 15 is 0 Å². The van der Waals surface area contributed by atoms with Crippen molar-refractivity contribution in [2.75, 3.05) is 19.8 Å². The van der Waals surface area contributed by atoms with Gasteiger partial charge in [-0.3, -0.25) is 9.52 Å². The molecule has 31 heavy (non-hydrogen) atoms. The highest BCUT2D eigenvalue weighted by molar-refractivity contribution is 7.97. The second-order valence-electron chi connectivity index (χ2n) is 8.16. The third kappa shape index (κ3) is 6.08. The highest BCUT2D eigenvalue weighted by atomic mass is 32.2. The summed E-state index contributed by atoms with van der Waals surface area (Å²) in [6, 6.07) is 19.4. The van der Waals surface area contributed by atoms with Crippen LogP contribution in [0.25, 0.3) is 11.1 Å². The van der Waals surface area contributed by atoms with Gasteiger partial charge in [-0.05, 0) is 48.4 Å². The van der Waals surface area contributed by atoms with Crippen molar-refractivity contribution < 1.29 is 4.79 Å². The zero-order valence-corrected chi connectivity index (χ0v) is 19.8. The van der Waals surface area contributed by atoms with E-state index in [-0.39, 0.29) is 12.0 Å². The molecule has 164 valence electrons. The van der Waals surface area contributed by atoms with Gasteiger partial charge in [-0.1, -0.05) is 73.5 Å². The molecule has 1 aliphatic carbocycles. The topological polar surface area (TPSA) is 44.7 Å². The van der Waals surface area contributed by atoms with Crippen LogP contribution in [-0.2, 0) is 11.2 Å². The van der Waals surface area contributed by atoms with Gasteiger partial charge in [-0.15, -0.1) is 0 Å². The number of benzene rings is 2. The molecule has 0 aliphatic heterocycles. The Morgan fingerprint density at radius 2 is 1.90 bits per heavy atom. The third-order valence-electron chi connectivity index (χ3n) is 5.72. The van der Waals surface area contributed by atoms with E-state index in [4.69, 9.17) is 0 Å². The fraction of sp³-hybridized carbons (Fsp3) is 0.385. The van der Waals surface area contributed by atoms with E-state index in [0.717, 1.165) is 48.2 Å². The number of hydrazone groups is 1. The quantitative estimate of drug-likeness (QED) is 0.249. The molecular weight excluding hydrogens is 402 g/mol. The fourth-order valence-corrected chi connectivity index (χ4v) is 5.00.